The van der Waals surface area contributed by atoms with Crippen molar-refractivity contribution in [3.63, 3.8) is 0 Å². The molecule has 88 valence electrons. The largest absolute Gasteiger partial charge is 0.465 e. The average Bonchev–Trinajstić information content (AvgIpc) is 2.29. The molecule has 16 heavy (non-hydrogen) atoms. The van der Waals surface area contributed by atoms with Crippen molar-refractivity contribution in [3.8, 4) is 0 Å². The van der Waals surface area contributed by atoms with E-state index in [0.717, 1.165) is 0 Å². The first-order valence-electron chi connectivity index (χ1n) is 4.97. The second kappa shape index (κ2) is 6.07. The number of aromatic nitrogens is 1. The van der Waals surface area contributed by atoms with Crippen molar-refractivity contribution in [2.24, 2.45) is 0 Å². The quantitative estimate of drug-likeness (QED) is 0.764. The van der Waals surface area contributed by atoms with E-state index in [-0.39, 0.29) is 6.04 Å². The Labute approximate surface area is 94.8 Å². The van der Waals surface area contributed by atoms with Gasteiger partial charge < -0.3 is 14.8 Å². The Morgan fingerprint density at radius 2 is 2.31 bits per heavy atom. The molecule has 0 aliphatic rings. The molecule has 0 saturated heterocycles. The second-order valence-electron chi connectivity index (χ2n) is 3.39. The molecule has 0 aliphatic carbocycles. The highest BCUT2D eigenvalue weighted by molar-refractivity contribution is 5.94. The van der Waals surface area contributed by atoms with Gasteiger partial charge in [-0.1, -0.05) is 0 Å². The number of esters is 1. The zero-order valence-electron chi connectivity index (χ0n) is 9.69. The lowest BCUT2D eigenvalue weighted by Gasteiger charge is -2.15. The number of pyridine rings is 1. The zero-order valence-corrected chi connectivity index (χ0v) is 9.69. The van der Waals surface area contributed by atoms with E-state index in [1.807, 2.05) is 6.92 Å². The van der Waals surface area contributed by atoms with Gasteiger partial charge in [0.1, 0.15) is 11.4 Å². The van der Waals surface area contributed by atoms with Gasteiger partial charge in [0.05, 0.1) is 13.7 Å². The maximum atomic E-state index is 11.4. The second-order valence-corrected chi connectivity index (χ2v) is 3.39. The Morgan fingerprint density at radius 3 is 2.94 bits per heavy atom. The summed E-state index contributed by atoms with van der Waals surface area (Å²) in [5.41, 5.74) is 0.424. The van der Waals surface area contributed by atoms with Crippen molar-refractivity contribution in [2.75, 3.05) is 26.1 Å². The van der Waals surface area contributed by atoms with E-state index in [2.05, 4.69) is 15.0 Å². The lowest BCUT2D eigenvalue weighted by atomic mass is 10.2. The van der Waals surface area contributed by atoms with E-state index >= 15 is 0 Å². The molecule has 0 fully saturated rings. The van der Waals surface area contributed by atoms with Crippen LogP contribution in [0.25, 0.3) is 0 Å². The van der Waals surface area contributed by atoms with Crippen LogP contribution < -0.4 is 5.32 Å². The van der Waals surface area contributed by atoms with Crippen molar-refractivity contribution < 1.29 is 14.3 Å². The van der Waals surface area contributed by atoms with Crippen LogP contribution in [-0.2, 0) is 9.47 Å². The van der Waals surface area contributed by atoms with Crippen LogP contribution in [-0.4, -0.2) is 37.8 Å². The summed E-state index contributed by atoms with van der Waals surface area (Å²) in [6.07, 6.45) is 1.62. The molecule has 0 amide bonds. The molecular weight excluding hydrogens is 208 g/mol. The number of hydrogen-bond acceptors (Lipinski definition) is 5. The van der Waals surface area contributed by atoms with Gasteiger partial charge in [0, 0.05) is 19.3 Å². The third kappa shape index (κ3) is 3.20. The van der Waals surface area contributed by atoms with Crippen molar-refractivity contribution in [3.05, 3.63) is 23.9 Å². The van der Waals surface area contributed by atoms with E-state index < -0.39 is 5.97 Å². The number of methoxy groups -OCH3 is 2. The van der Waals surface area contributed by atoms with Gasteiger partial charge in [-0.05, 0) is 19.1 Å². The Hall–Kier alpha value is -1.62. The van der Waals surface area contributed by atoms with Crippen LogP contribution in [0.3, 0.4) is 0 Å². The van der Waals surface area contributed by atoms with E-state index in [1.165, 1.54) is 7.11 Å². The first kappa shape index (κ1) is 12.4. The molecule has 0 aromatic carbocycles. The fourth-order valence-electron chi connectivity index (χ4n) is 1.32. The van der Waals surface area contributed by atoms with Gasteiger partial charge in [-0.25, -0.2) is 9.78 Å². The monoisotopic (exact) mass is 224 g/mol. The molecule has 0 aliphatic heterocycles. The molecule has 5 heteroatoms. The van der Waals surface area contributed by atoms with Gasteiger partial charge in [-0.3, -0.25) is 0 Å². The van der Waals surface area contributed by atoms with Crippen LogP contribution in [0.4, 0.5) is 5.82 Å². The summed E-state index contributed by atoms with van der Waals surface area (Å²) >= 11 is 0. The van der Waals surface area contributed by atoms with Crippen LogP contribution in [0.1, 0.15) is 17.3 Å². The Balaban J connectivity index is 2.82. The number of carbonyl (C=O) groups excluding carboxylic acids is 1. The number of carbonyl (C=O) groups is 1. The first-order chi connectivity index (χ1) is 7.69. The van der Waals surface area contributed by atoms with Gasteiger partial charge >= 0.3 is 5.97 Å². The maximum absolute atomic E-state index is 11.4. The van der Waals surface area contributed by atoms with E-state index in [1.54, 1.807) is 25.4 Å². The van der Waals surface area contributed by atoms with Crippen molar-refractivity contribution in [1.82, 2.24) is 4.98 Å². The molecule has 0 radical (unpaired) electrons. The lowest BCUT2D eigenvalue weighted by molar-refractivity contribution is 0.0601. The summed E-state index contributed by atoms with van der Waals surface area (Å²) in [7, 11) is 2.97. The number of nitrogens with zero attached hydrogens (tertiary/aromatic N) is 1. The van der Waals surface area contributed by atoms with Crippen molar-refractivity contribution in [2.45, 2.75) is 13.0 Å². The van der Waals surface area contributed by atoms with Gasteiger partial charge in [0.15, 0.2) is 0 Å². The maximum Gasteiger partial charge on any atom is 0.341 e. The summed E-state index contributed by atoms with van der Waals surface area (Å²) in [6, 6.07) is 3.43. The summed E-state index contributed by atoms with van der Waals surface area (Å²) in [5, 5.41) is 3.09. The highest BCUT2D eigenvalue weighted by Crippen LogP contribution is 2.13. The highest BCUT2D eigenvalue weighted by atomic mass is 16.5. The normalized spacial score (nSPS) is 11.9. The fourth-order valence-corrected chi connectivity index (χ4v) is 1.32. The van der Waals surface area contributed by atoms with E-state index in [9.17, 15) is 4.79 Å². The Bertz CT molecular complexity index is 355. The number of nitrogens with one attached hydrogen (secondary N) is 1. The topological polar surface area (TPSA) is 60.5 Å². The number of rotatable bonds is 5. The summed E-state index contributed by atoms with van der Waals surface area (Å²) in [6.45, 7) is 2.48. The molecule has 1 aromatic rings. The Kier molecular flexibility index (Phi) is 4.72. The van der Waals surface area contributed by atoms with Crippen LogP contribution in [0, 0.1) is 0 Å². The molecule has 1 heterocycles. The summed E-state index contributed by atoms with van der Waals surface area (Å²) in [5.74, 6) is 0.110. The van der Waals surface area contributed by atoms with E-state index in [4.69, 9.17) is 4.74 Å². The molecule has 1 unspecified atom stereocenters. The molecule has 1 aromatic heterocycles. The number of ether oxygens (including phenoxy) is 2. The highest BCUT2D eigenvalue weighted by Gasteiger charge is 2.13. The smallest absolute Gasteiger partial charge is 0.341 e. The molecule has 1 atom stereocenters. The molecule has 0 bridgehead atoms. The van der Waals surface area contributed by atoms with E-state index in [0.29, 0.717) is 18.0 Å². The fraction of sp³-hybridized carbons (Fsp3) is 0.455. The van der Waals surface area contributed by atoms with Crippen LogP contribution >= 0.6 is 0 Å². The van der Waals surface area contributed by atoms with Crippen molar-refractivity contribution in [1.29, 1.82) is 0 Å². The zero-order chi connectivity index (χ0) is 12.0. The van der Waals surface area contributed by atoms with Gasteiger partial charge in [0.2, 0.25) is 0 Å². The van der Waals surface area contributed by atoms with Gasteiger partial charge in [0.25, 0.3) is 0 Å². The summed E-state index contributed by atoms with van der Waals surface area (Å²) < 4.78 is 9.66. The van der Waals surface area contributed by atoms with Gasteiger partial charge in [-0.2, -0.15) is 0 Å². The minimum absolute atomic E-state index is 0.0725. The number of hydrogen-bond donors (Lipinski definition) is 1. The minimum atomic E-state index is -0.403. The van der Waals surface area contributed by atoms with Crippen LogP contribution in [0.2, 0.25) is 0 Å². The standard InChI is InChI=1S/C11H16N2O3/c1-8(7-15-2)13-10-9(11(14)16-3)5-4-6-12-10/h4-6,8H,7H2,1-3H3,(H,12,13). The lowest BCUT2D eigenvalue weighted by Crippen LogP contribution is -2.23. The first-order valence-corrected chi connectivity index (χ1v) is 4.97. The van der Waals surface area contributed by atoms with Crippen LogP contribution in [0.5, 0.6) is 0 Å². The van der Waals surface area contributed by atoms with Crippen molar-refractivity contribution >= 4 is 11.8 Å². The Morgan fingerprint density at radius 1 is 1.56 bits per heavy atom. The minimum Gasteiger partial charge on any atom is -0.465 e. The SMILES string of the molecule is COCC(C)Nc1ncccc1C(=O)OC. The van der Waals surface area contributed by atoms with Gasteiger partial charge in [-0.15, -0.1) is 0 Å². The molecule has 1 N–H and O–H groups in total. The molecule has 0 spiro atoms. The third-order valence-electron chi connectivity index (χ3n) is 2.01. The van der Waals surface area contributed by atoms with Crippen LogP contribution in [0.15, 0.2) is 18.3 Å². The molecule has 5 nitrogen and oxygen atoms in total. The summed E-state index contributed by atoms with van der Waals surface area (Å²) in [4.78, 5) is 15.5. The molecule has 1 rings (SSSR count). The molecular formula is C11H16N2O3. The predicted octanol–water partition coefficient (Wildman–Crippen LogP) is 1.31. The predicted molar refractivity (Wildman–Crippen MR) is 60.5 cm³/mol. The molecule has 0 saturated carbocycles. The number of anilines is 1. The average molecular weight is 224 g/mol. The third-order valence-corrected chi connectivity index (χ3v) is 2.01.